The molecule has 0 saturated heterocycles. The zero-order valence-electron chi connectivity index (χ0n) is 12.1. The number of pyridine rings is 1. The highest BCUT2D eigenvalue weighted by Gasteiger charge is 2.20. The first-order chi connectivity index (χ1) is 10.3. The topological polar surface area (TPSA) is 42.2 Å². The molecule has 4 nitrogen and oxygen atoms in total. The minimum atomic E-state index is 0.313. The van der Waals surface area contributed by atoms with E-state index < -0.39 is 0 Å². The van der Waals surface area contributed by atoms with Crippen LogP contribution in [0.3, 0.4) is 0 Å². The number of aromatic nitrogens is 3. The Morgan fingerprint density at radius 2 is 2.05 bits per heavy atom. The standard InChI is InChI=1S/C17H18N4/c1-12-6-4-11-16-19-17(20-21(12)16)18-15-10-5-8-13-7-2-3-9-14(13)15/h2-4,6-7,9,11,15H,5,8,10H2,1H3,(H,18,20). The number of nitrogens with zero attached hydrogens (tertiary/aromatic N) is 3. The van der Waals surface area contributed by atoms with Gasteiger partial charge >= 0.3 is 0 Å². The van der Waals surface area contributed by atoms with Crippen molar-refractivity contribution in [2.75, 3.05) is 5.32 Å². The largest absolute Gasteiger partial charge is 0.346 e. The Morgan fingerprint density at radius 3 is 2.95 bits per heavy atom. The zero-order valence-corrected chi connectivity index (χ0v) is 12.1. The number of fused-ring (bicyclic) bond motifs is 2. The van der Waals surface area contributed by atoms with Gasteiger partial charge in [0, 0.05) is 5.69 Å². The number of anilines is 1. The molecule has 4 rings (SSSR count). The van der Waals surface area contributed by atoms with Crippen LogP contribution in [-0.4, -0.2) is 14.6 Å². The third-order valence-corrected chi connectivity index (χ3v) is 4.22. The second-order valence-corrected chi connectivity index (χ2v) is 5.66. The lowest BCUT2D eigenvalue weighted by atomic mass is 9.88. The maximum Gasteiger partial charge on any atom is 0.243 e. The minimum absolute atomic E-state index is 0.313. The summed E-state index contributed by atoms with van der Waals surface area (Å²) < 4.78 is 1.89. The molecule has 0 fully saturated rings. The predicted molar refractivity (Wildman–Crippen MR) is 83.5 cm³/mol. The van der Waals surface area contributed by atoms with Crippen LogP contribution in [0.4, 0.5) is 5.95 Å². The van der Waals surface area contributed by atoms with E-state index in [1.165, 1.54) is 24.0 Å². The summed E-state index contributed by atoms with van der Waals surface area (Å²) in [5, 5.41) is 8.08. The van der Waals surface area contributed by atoms with Crippen molar-refractivity contribution in [2.45, 2.75) is 32.2 Å². The molecule has 0 spiro atoms. The van der Waals surface area contributed by atoms with Gasteiger partial charge in [-0.2, -0.15) is 4.98 Å². The summed E-state index contributed by atoms with van der Waals surface area (Å²) in [5.74, 6) is 0.714. The molecule has 1 N–H and O–H groups in total. The van der Waals surface area contributed by atoms with E-state index in [0.29, 0.717) is 12.0 Å². The van der Waals surface area contributed by atoms with Gasteiger partial charge < -0.3 is 5.32 Å². The highest BCUT2D eigenvalue weighted by molar-refractivity contribution is 5.46. The SMILES string of the molecule is Cc1cccc2nc(NC3CCCc4ccccc43)nn12. The summed E-state index contributed by atoms with van der Waals surface area (Å²) in [5.41, 5.74) is 4.82. The van der Waals surface area contributed by atoms with Crippen molar-refractivity contribution in [3.05, 3.63) is 59.3 Å². The molecule has 0 radical (unpaired) electrons. The van der Waals surface area contributed by atoms with Crippen LogP contribution in [0.15, 0.2) is 42.5 Å². The first-order valence-electron chi connectivity index (χ1n) is 7.48. The van der Waals surface area contributed by atoms with E-state index in [0.717, 1.165) is 17.8 Å². The third kappa shape index (κ3) is 2.17. The van der Waals surface area contributed by atoms with Gasteiger partial charge in [-0.25, -0.2) is 4.52 Å². The highest BCUT2D eigenvalue weighted by Crippen LogP contribution is 2.31. The lowest BCUT2D eigenvalue weighted by Gasteiger charge is -2.25. The van der Waals surface area contributed by atoms with Gasteiger partial charge in [-0.1, -0.05) is 30.3 Å². The quantitative estimate of drug-likeness (QED) is 0.779. The molecule has 21 heavy (non-hydrogen) atoms. The number of hydrogen-bond donors (Lipinski definition) is 1. The van der Waals surface area contributed by atoms with E-state index >= 15 is 0 Å². The molecule has 0 amide bonds. The summed E-state index contributed by atoms with van der Waals surface area (Å²) in [4.78, 5) is 4.58. The molecule has 1 aromatic carbocycles. The van der Waals surface area contributed by atoms with Crippen molar-refractivity contribution in [2.24, 2.45) is 0 Å². The van der Waals surface area contributed by atoms with Gasteiger partial charge in [0.1, 0.15) is 0 Å². The van der Waals surface area contributed by atoms with Crippen LogP contribution < -0.4 is 5.32 Å². The van der Waals surface area contributed by atoms with Gasteiger partial charge in [0.25, 0.3) is 0 Å². The molecule has 2 aromatic heterocycles. The molecule has 1 atom stereocenters. The van der Waals surface area contributed by atoms with Gasteiger partial charge in [0.15, 0.2) is 5.65 Å². The van der Waals surface area contributed by atoms with E-state index in [2.05, 4.69) is 39.7 Å². The molecule has 1 aliphatic rings. The van der Waals surface area contributed by atoms with Crippen LogP contribution in [0, 0.1) is 6.92 Å². The maximum atomic E-state index is 4.58. The Bertz CT molecular complexity index is 790. The Balaban J connectivity index is 1.68. The van der Waals surface area contributed by atoms with Crippen LogP contribution >= 0.6 is 0 Å². The van der Waals surface area contributed by atoms with Crippen LogP contribution in [0.1, 0.15) is 35.7 Å². The molecule has 3 aromatic rings. The van der Waals surface area contributed by atoms with Crippen LogP contribution in [-0.2, 0) is 6.42 Å². The zero-order chi connectivity index (χ0) is 14.2. The third-order valence-electron chi connectivity index (χ3n) is 4.22. The smallest absolute Gasteiger partial charge is 0.243 e. The first kappa shape index (κ1) is 12.4. The summed E-state index contributed by atoms with van der Waals surface area (Å²) in [7, 11) is 0. The maximum absolute atomic E-state index is 4.58. The van der Waals surface area contributed by atoms with Gasteiger partial charge in [0.2, 0.25) is 5.95 Å². The monoisotopic (exact) mass is 278 g/mol. The van der Waals surface area contributed by atoms with Crippen molar-refractivity contribution < 1.29 is 0 Å². The van der Waals surface area contributed by atoms with Crippen LogP contribution in [0.5, 0.6) is 0 Å². The summed E-state index contributed by atoms with van der Waals surface area (Å²) >= 11 is 0. The fourth-order valence-corrected chi connectivity index (χ4v) is 3.16. The summed E-state index contributed by atoms with van der Waals surface area (Å²) in [6.07, 6.45) is 3.51. The molecule has 0 aliphatic heterocycles. The number of hydrogen-bond acceptors (Lipinski definition) is 3. The van der Waals surface area contributed by atoms with Crippen molar-refractivity contribution in [3.8, 4) is 0 Å². The normalized spacial score (nSPS) is 17.7. The van der Waals surface area contributed by atoms with Crippen molar-refractivity contribution in [3.63, 3.8) is 0 Å². The van der Waals surface area contributed by atoms with Crippen molar-refractivity contribution >= 4 is 11.6 Å². The molecule has 1 unspecified atom stereocenters. The van der Waals surface area contributed by atoms with E-state index in [9.17, 15) is 0 Å². The molecule has 1 aliphatic carbocycles. The van der Waals surface area contributed by atoms with Crippen molar-refractivity contribution in [1.29, 1.82) is 0 Å². The van der Waals surface area contributed by atoms with Crippen molar-refractivity contribution in [1.82, 2.24) is 14.6 Å². The Labute approximate surface area is 123 Å². The minimum Gasteiger partial charge on any atom is -0.346 e. The fraction of sp³-hybridized carbons (Fsp3) is 0.294. The van der Waals surface area contributed by atoms with Gasteiger partial charge in [-0.3, -0.25) is 0 Å². The average Bonchev–Trinajstić information content (AvgIpc) is 2.92. The lowest BCUT2D eigenvalue weighted by molar-refractivity contribution is 0.596. The van der Waals surface area contributed by atoms with E-state index in [1.807, 2.05) is 29.6 Å². The molecule has 106 valence electrons. The number of rotatable bonds is 2. The van der Waals surface area contributed by atoms with E-state index in [4.69, 9.17) is 0 Å². The molecular formula is C17H18N4. The van der Waals surface area contributed by atoms with E-state index in [1.54, 1.807) is 0 Å². The van der Waals surface area contributed by atoms with E-state index in [-0.39, 0.29) is 0 Å². The fourth-order valence-electron chi connectivity index (χ4n) is 3.16. The second kappa shape index (κ2) is 4.88. The molecular weight excluding hydrogens is 260 g/mol. The Morgan fingerprint density at radius 1 is 1.14 bits per heavy atom. The predicted octanol–water partition coefficient (Wildman–Crippen LogP) is 3.53. The highest BCUT2D eigenvalue weighted by atomic mass is 15.4. The Hall–Kier alpha value is -2.36. The number of nitrogens with one attached hydrogen (secondary N) is 1. The number of aryl methyl sites for hydroxylation is 2. The molecule has 0 saturated carbocycles. The summed E-state index contributed by atoms with van der Waals surface area (Å²) in [6.45, 7) is 2.04. The number of benzene rings is 1. The van der Waals surface area contributed by atoms with Gasteiger partial charge in [-0.05, 0) is 49.4 Å². The van der Waals surface area contributed by atoms with Crippen LogP contribution in [0.2, 0.25) is 0 Å². The molecule has 2 heterocycles. The molecule has 4 heteroatoms. The van der Waals surface area contributed by atoms with Crippen LogP contribution in [0.25, 0.3) is 5.65 Å². The van der Waals surface area contributed by atoms with Gasteiger partial charge in [-0.15, -0.1) is 5.10 Å². The first-order valence-corrected chi connectivity index (χ1v) is 7.48. The summed E-state index contributed by atoms with van der Waals surface area (Å²) in [6, 6.07) is 15.0. The second-order valence-electron chi connectivity index (χ2n) is 5.66. The lowest BCUT2D eigenvalue weighted by Crippen LogP contribution is -2.18. The molecule has 0 bridgehead atoms. The van der Waals surface area contributed by atoms with Gasteiger partial charge in [0.05, 0.1) is 6.04 Å². The average molecular weight is 278 g/mol. The Kier molecular flexibility index (Phi) is 2.88.